The van der Waals surface area contributed by atoms with Crippen LogP contribution in [0, 0.1) is 5.92 Å². The average Bonchev–Trinajstić information content (AvgIpc) is 2.03. The lowest BCUT2D eigenvalue weighted by molar-refractivity contribution is 0.208. The molecule has 0 heterocycles. The molecular formula is C7H13FO2P. The van der Waals surface area contributed by atoms with E-state index in [1.807, 2.05) is 0 Å². The van der Waals surface area contributed by atoms with Crippen LogP contribution in [0.25, 0.3) is 0 Å². The Morgan fingerprint density at radius 1 is 1.36 bits per heavy atom. The van der Waals surface area contributed by atoms with E-state index in [0.717, 1.165) is 12.8 Å². The first-order valence-corrected chi connectivity index (χ1v) is 5.12. The second kappa shape index (κ2) is 4.78. The van der Waals surface area contributed by atoms with Gasteiger partial charge in [0.25, 0.3) is 0 Å². The van der Waals surface area contributed by atoms with Crippen LogP contribution >= 0.6 is 8.34 Å². The lowest BCUT2D eigenvalue weighted by atomic mass is 9.90. The molecule has 0 aromatic carbocycles. The maximum atomic E-state index is 11.7. The van der Waals surface area contributed by atoms with Gasteiger partial charge in [-0.2, -0.15) is 0 Å². The first-order chi connectivity index (χ1) is 5.29. The highest BCUT2D eigenvalue weighted by Gasteiger charge is 2.14. The Bertz CT molecular complexity index is 134. The molecule has 65 valence electrons. The second-order valence-electron chi connectivity index (χ2n) is 3.01. The third-order valence-electron chi connectivity index (χ3n) is 2.14. The Balaban J connectivity index is 2.09. The summed E-state index contributed by atoms with van der Waals surface area (Å²) >= 11 is 0. The van der Waals surface area contributed by atoms with Crippen molar-refractivity contribution in [3.05, 3.63) is 0 Å². The van der Waals surface area contributed by atoms with Crippen LogP contribution < -0.4 is 0 Å². The molecule has 1 aliphatic carbocycles. The maximum Gasteiger partial charge on any atom is 0.409 e. The molecule has 1 radical (unpaired) electrons. The van der Waals surface area contributed by atoms with Crippen molar-refractivity contribution in [1.82, 2.24) is 0 Å². The first kappa shape index (κ1) is 9.08. The number of halogens is 1. The first-order valence-electron chi connectivity index (χ1n) is 4.05. The Labute approximate surface area is 67.1 Å². The summed E-state index contributed by atoms with van der Waals surface area (Å²) in [4.78, 5) is 0. The van der Waals surface area contributed by atoms with E-state index in [1.54, 1.807) is 0 Å². The summed E-state index contributed by atoms with van der Waals surface area (Å²) in [6.07, 6.45) is 5.89. The van der Waals surface area contributed by atoms with E-state index >= 15 is 0 Å². The van der Waals surface area contributed by atoms with Gasteiger partial charge in [-0.3, -0.25) is 4.52 Å². The lowest BCUT2D eigenvalue weighted by Gasteiger charge is -2.19. The summed E-state index contributed by atoms with van der Waals surface area (Å²) in [5.41, 5.74) is 0. The molecule has 1 atom stereocenters. The predicted octanol–water partition coefficient (Wildman–Crippen LogP) is 3.21. The largest absolute Gasteiger partial charge is 0.409 e. The third-order valence-corrected chi connectivity index (χ3v) is 2.49. The van der Waals surface area contributed by atoms with Crippen LogP contribution in [-0.4, -0.2) is 6.61 Å². The topological polar surface area (TPSA) is 26.3 Å². The standard InChI is InChI=1S/C7H13FO2P/c8-11(9)10-6-7-4-2-1-3-5-7/h7H,1-6H2. The monoisotopic (exact) mass is 179 g/mol. The molecule has 0 N–H and O–H groups in total. The summed E-state index contributed by atoms with van der Waals surface area (Å²) in [6, 6.07) is 0. The lowest BCUT2D eigenvalue weighted by Crippen LogP contribution is -2.10. The van der Waals surface area contributed by atoms with Gasteiger partial charge in [0, 0.05) is 0 Å². The minimum atomic E-state index is -2.88. The molecule has 1 saturated carbocycles. The normalized spacial score (nSPS) is 21.7. The van der Waals surface area contributed by atoms with Gasteiger partial charge < -0.3 is 0 Å². The van der Waals surface area contributed by atoms with Gasteiger partial charge in [-0.15, -0.1) is 4.20 Å². The zero-order chi connectivity index (χ0) is 8.10. The molecule has 0 aromatic heterocycles. The van der Waals surface area contributed by atoms with Crippen molar-refractivity contribution in [3.63, 3.8) is 0 Å². The van der Waals surface area contributed by atoms with Crippen molar-refractivity contribution in [2.75, 3.05) is 6.61 Å². The smallest absolute Gasteiger partial charge is 0.279 e. The molecular weight excluding hydrogens is 166 g/mol. The molecule has 1 rings (SSSR count). The molecule has 1 unspecified atom stereocenters. The van der Waals surface area contributed by atoms with E-state index in [9.17, 15) is 8.76 Å². The van der Waals surface area contributed by atoms with E-state index in [-0.39, 0.29) is 0 Å². The Hall–Kier alpha value is -0.0100. The molecule has 0 spiro atoms. The van der Waals surface area contributed by atoms with Gasteiger partial charge in [0.05, 0.1) is 6.61 Å². The quantitative estimate of drug-likeness (QED) is 0.622. The van der Waals surface area contributed by atoms with Gasteiger partial charge in [-0.1, -0.05) is 19.3 Å². The molecule has 0 aromatic rings. The van der Waals surface area contributed by atoms with Crippen LogP contribution in [0.1, 0.15) is 32.1 Å². The minimum absolute atomic E-state index is 0.339. The van der Waals surface area contributed by atoms with Crippen molar-refractivity contribution >= 4 is 8.34 Å². The molecule has 0 aliphatic heterocycles. The van der Waals surface area contributed by atoms with Gasteiger partial charge >= 0.3 is 8.34 Å². The predicted molar refractivity (Wildman–Crippen MR) is 41.2 cm³/mol. The van der Waals surface area contributed by atoms with E-state index in [2.05, 4.69) is 4.52 Å². The van der Waals surface area contributed by atoms with Crippen molar-refractivity contribution < 1.29 is 13.3 Å². The van der Waals surface area contributed by atoms with E-state index < -0.39 is 8.34 Å². The van der Waals surface area contributed by atoms with Crippen LogP contribution in [0.3, 0.4) is 0 Å². The van der Waals surface area contributed by atoms with Crippen LogP contribution in [0.4, 0.5) is 4.20 Å². The zero-order valence-corrected chi connectivity index (χ0v) is 7.36. The summed E-state index contributed by atoms with van der Waals surface area (Å²) in [5, 5.41) is 0. The molecule has 0 amide bonds. The number of hydrogen-bond acceptors (Lipinski definition) is 2. The highest BCUT2D eigenvalue weighted by Crippen LogP contribution is 2.29. The van der Waals surface area contributed by atoms with Crippen LogP contribution in [0.15, 0.2) is 0 Å². The second-order valence-corrected chi connectivity index (χ2v) is 3.70. The van der Waals surface area contributed by atoms with Crippen molar-refractivity contribution in [3.8, 4) is 0 Å². The van der Waals surface area contributed by atoms with E-state index in [4.69, 9.17) is 0 Å². The summed E-state index contributed by atoms with van der Waals surface area (Å²) in [5.74, 6) is 0.443. The molecule has 2 nitrogen and oxygen atoms in total. The Morgan fingerprint density at radius 3 is 2.55 bits per heavy atom. The molecule has 1 fully saturated rings. The van der Waals surface area contributed by atoms with Gasteiger partial charge in [0.1, 0.15) is 0 Å². The Morgan fingerprint density at radius 2 is 2.00 bits per heavy atom. The van der Waals surface area contributed by atoms with Crippen LogP contribution in [-0.2, 0) is 9.09 Å². The molecule has 0 bridgehead atoms. The van der Waals surface area contributed by atoms with Crippen molar-refractivity contribution in [2.45, 2.75) is 32.1 Å². The van der Waals surface area contributed by atoms with Crippen molar-refractivity contribution in [1.29, 1.82) is 0 Å². The van der Waals surface area contributed by atoms with E-state index in [0.29, 0.717) is 12.5 Å². The number of hydrogen-bond donors (Lipinski definition) is 0. The fraction of sp³-hybridized carbons (Fsp3) is 1.00. The SMILES string of the molecule is O=[P](F)OCC1CCCCC1. The highest BCUT2D eigenvalue weighted by molar-refractivity contribution is 7.32. The van der Waals surface area contributed by atoms with Crippen molar-refractivity contribution in [2.24, 2.45) is 5.92 Å². The van der Waals surface area contributed by atoms with Gasteiger partial charge in [-0.05, 0) is 18.8 Å². The van der Waals surface area contributed by atoms with Crippen LogP contribution in [0.5, 0.6) is 0 Å². The Kier molecular flexibility index (Phi) is 3.95. The minimum Gasteiger partial charge on any atom is -0.279 e. The summed E-state index contributed by atoms with van der Waals surface area (Å²) in [7, 11) is -2.88. The summed E-state index contributed by atoms with van der Waals surface area (Å²) in [6.45, 7) is 0.339. The van der Waals surface area contributed by atoms with Crippen LogP contribution in [0.2, 0.25) is 0 Å². The molecule has 11 heavy (non-hydrogen) atoms. The fourth-order valence-electron chi connectivity index (χ4n) is 1.52. The van der Waals surface area contributed by atoms with E-state index in [1.165, 1.54) is 19.3 Å². The zero-order valence-electron chi connectivity index (χ0n) is 6.46. The van der Waals surface area contributed by atoms with Gasteiger partial charge in [0.15, 0.2) is 0 Å². The maximum absolute atomic E-state index is 11.7. The third kappa shape index (κ3) is 3.78. The molecule has 0 saturated heterocycles. The van der Waals surface area contributed by atoms with Gasteiger partial charge in [0.2, 0.25) is 0 Å². The summed E-state index contributed by atoms with van der Waals surface area (Å²) < 4.78 is 26.1. The fourth-order valence-corrected chi connectivity index (χ4v) is 1.85. The average molecular weight is 179 g/mol. The molecule has 4 heteroatoms. The number of rotatable bonds is 3. The molecule has 1 aliphatic rings. The highest BCUT2D eigenvalue weighted by atomic mass is 31.2. The van der Waals surface area contributed by atoms with Gasteiger partial charge in [-0.25, -0.2) is 4.57 Å².